The van der Waals surface area contributed by atoms with Gasteiger partial charge >= 0.3 is 0 Å². The Morgan fingerprint density at radius 2 is 2.04 bits per heavy atom. The molecule has 0 saturated heterocycles. The lowest BCUT2D eigenvalue weighted by molar-refractivity contribution is 0.206. The van der Waals surface area contributed by atoms with Crippen LogP contribution < -0.4 is 5.73 Å². The number of nitrogens with two attached hydrogens (primary N) is 1. The molecule has 2 heterocycles. The maximum Gasteiger partial charge on any atom is 0.0607 e. The first-order chi connectivity index (χ1) is 13.3. The third-order valence-electron chi connectivity index (χ3n) is 5.72. The highest BCUT2D eigenvalue weighted by molar-refractivity contribution is 5.85. The van der Waals surface area contributed by atoms with Crippen LogP contribution >= 0.6 is 0 Å². The standard InChI is InChI=1S/C23H28N4/c1-27(22-12-4-8-17-9-6-14-25-23(17)22)16-21-20(11-5-13-24)19-10-3-2-7-18(19)15-26-21/h2-3,6-7,9-10,14-15,22H,4-5,8,11-13,16,24H2,1H3/t22-/m0/s1. The smallest absolute Gasteiger partial charge is 0.0607 e. The normalized spacial score (nSPS) is 16.6. The highest BCUT2D eigenvalue weighted by Gasteiger charge is 2.25. The number of benzene rings is 1. The quantitative estimate of drug-likeness (QED) is 0.721. The highest BCUT2D eigenvalue weighted by atomic mass is 15.1. The van der Waals surface area contributed by atoms with Crippen molar-refractivity contribution in [1.82, 2.24) is 14.9 Å². The van der Waals surface area contributed by atoms with Crippen LogP contribution in [0.1, 0.15) is 47.8 Å². The van der Waals surface area contributed by atoms with E-state index in [0.717, 1.165) is 32.2 Å². The molecule has 0 radical (unpaired) electrons. The number of aromatic nitrogens is 2. The third-order valence-corrected chi connectivity index (χ3v) is 5.72. The summed E-state index contributed by atoms with van der Waals surface area (Å²) in [5.74, 6) is 0. The Morgan fingerprint density at radius 3 is 2.93 bits per heavy atom. The second-order valence-corrected chi connectivity index (χ2v) is 7.53. The first-order valence-electron chi connectivity index (χ1n) is 9.97. The second-order valence-electron chi connectivity index (χ2n) is 7.53. The molecule has 0 amide bonds. The van der Waals surface area contributed by atoms with Crippen LogP contribution in [0, 0.1) is 0 Å². The van der Waals surface area contributed by atoms with E-state index in [1.165, 1.54) is 39.7 Å². The average molecular weight is 361 g/mol. The van der Waals surface area contributed by atoms with Crippen LogP contribution in [0.25, 0.3) is 10.8 Å². The molecule has 140 valence electrons. The molecule has 2 aromatic heterocycles. The Hall–Kier alpha value is -2.30. The van der Waals surface area contributed by atoms with Crippen LogP contribution in [0.3, 0.4) is 0 Å². The van der Waals surface area contributed by atoms with Gasteiger partial charge in [-0.05, 0) is 68.3 Å². The molecule has 0 bridgehead atoms. The minimum Gasteiger partial charge on any atom is -0.330 e. The van der Waals surface area contributed by atoms with Gasteiger partial charge < -0.3 is 5.73 Å². The summed E-state index contributed by atoms with van der Waals surface area (Å²) in [5.41, 5.74) is 11.0. The molecular weight excluding hydrogens is 332 g/mol. The predicted octanol–water partition coefficient (Wildman–Crippen LogP) is 4.03. The largest absolute Gasteiger partial charge is 0.330 e. The summed E-state index contributed by atoms with van der Waals surface area (Å²) < 4.78 is 0. The summed E-state index contributed by atoms with van der Waals surface area (Å²) in [6.45, 7) is 1.55. The zero-order valence-corrected chi connectivity index (χ0v) is 16.1. The minimum absolute atomic E-state index is 0.366. The van der Waals surface area contributed by atoms with Crippen LogP contribution in [-0.2, 0) is 19.4 Å². The second kappa shape index (κ2) is 8.15. The van der Waals surface area contributed by atoms with E-state index in [2.05, 4.69) is 48.3 Å². The van der Waals surface area contributed by atoms with E-state index >= 15 is 0 Å². The molecular formula is C23H28N4. The first kappa shape index (κ1) is 18.1. The van der Waals surface area contributed by atoms with Gasteiger partial charge in [-0.1, -0.05) is 30.3 Å². The molecule has 3 aromatic rings. The number of hydrogen-bond acceptors (Lipinski definition) is 4. The Balaban J connectivity index is 1.65. The monoisotopic (exact) mass is 360 g/mol. The number of rotatable bonds is 6. The van der Waals surface area contributed by atoms with Gasteiger partial charge in [0.25, 0.3) is 0 Å². The molecule has 27 heavy (non-hydrogen) atoms. The fourth-order valence-corrected chi connectivity index (χ4v) is 4.32. The van der Waals surface area contributed by atoms with Crippen molar-refractivity contribution < 1.29 is 0 Å². The van der Waals surface area contributed by atoms with Gasteiger partial charge in [-0.25, -0.2) is 0 Å². The Morgan fingerprint density at radius 1 is 1.15 bits per heavy atom. The number of pyridine rings is 2. The maximum atomic E-state index is 5.80. The van der Waals surface area contributed by atoms with Gasteiger partial charge in [0.15, 0.2) is 0 Å². The van der Waals surface area contributed by atoms with Crippen molar-refractivity contribution in [1.29, 1.82) is 0 Å². The van der Waals surface area contributed by atoms with E-state index < -0.39 is 0 Å². The molecule has 1 aliphatic rings. The number of hydrogen-bond donors (Lipinski definition) is 1. The highest BCUT2D eigenvalue weighted by Crippen LogP contribution is 2.33. The van der Waals surface area contributed by atoms with Crippen LogP contribution in [-0.4, -0.2) is 28.5 Å². The van der Waals surface area contributed by atoms with Gasteiger partial charge in [-0.3, -0.25) is 14.9 Å². The topological polar surface area (TPSA) is 55.0 Å². The van der Waals surface area contributed by atoms with Crippen molar-refractivity contribution in [3.8, 4) is 0 Å². The molecule has 2 N–H and O–H groups in total. The fraction of sp³-hybridized carbons (Fsp3) is 0.391. The molecule has 0 aliphatic heterocycles. The van der Waals surface area contributed by atoms with Crippen molar-refractivity contribution in [3.05, 3.63) is 71.3 Å². The van der Waals surface area contributed by atoms with Gasteiger partial charge in [-0.2, -0.15) is 0 Å². The van der Waals surface area contributed by atoms with Crippen molar-refractivity contribution in [2.45, 2.75) is 44.7 Å². The Bertz CT molecular complexity index is 921. The summed E-state index contributed by atoms with van der Waals surface area (Å²) in [4.78, 5) is 12.0. The molecule has 4 heteroatoms. The minimum atomic E-state index is 0.366. The summed E-state index contributed by atoms with van der Waals surface area (Å²) >= 11 is 0. The van der Waals surface area contributed by atoms with Gasteiger partial charge in [0.2, 0.25) is 0 Å². The first-order valence-corrected chi connectivity index (χ1v) is 9.97. The van der Waals surface area contributed by atoms with E-state index in [-0.39, 0.29) is 0 Å². The zero-order chi connectivity index (χ0) is 18.6. The molecule has 1 aliphatic carbocycles. The van der Waals surface area contributed by atoms with E-state index in [0.29, 0.717) is 12.6 Å². The van der Waals surface area contributed by atoms with E-state index in [9.17, 15) is 0 Å². The van der Waals surface area contributed by atoms with Crippen LogP contribution in [0.4, 0.5) is 0 Å². The van der Waals surface area contributed by atoms with Crippen molar-refractivity contribution >= 4 is 10.8 Å². The number of nitrogens with zero attached hydrogens (tertiary/aromatic N) is 3. The van der Waals surface area contributed by atoms with Crippen LogP contribution in [0.2, 0.25) is 0 Å². The third kappa shape index (κ3) is 3.73. The molecule has 0 fully saturated rings. The van der Waals surface area contributed by atoms with E-state index in [4.69, 9.17) is 15.7 Å². The summed E-state index contributed by atoms with van der Waals surface area (Å²) in [5, 5.41) is 2.52. The van der Waals surface area contributed by atoms with Gasteiger partial charge in [0.05, 0.1) is 17.4 Å². The Kier molecular flexibility index (Phi) is 5.46. The molecule has 4 nitrogen and oxygen atoms in total. The predicted molar refractivity (Wildman–Crippen MR) is 111 cm³/mol. The van der Waals surface area contributed by atoms with E-state index in [1.54, 1.807) is 0 Å². The van der Waals surface area contributed by atoms with E-state index in [1.807, 2.05) is 12.4 Å². The molecule has 1 atom stereocenters. The van der Waals surface area contributed by atoms with Crippen LogP contribution in [0.15, 0.2) is 48.8 Å². The van der Waals surface area contributed by atoms with Gasteiger partial charge in [-0.15, -0.1) is 0 Å². The lowest BCUT2D eigenvalue weighted by Crippen LogP contribution is -2.29. The van der Waals surface area contributed by atoms with Crippen molar-refractivity contribution in [2.75, 3.05) is 13.6 Å². The van der Waals surface area contributed by atoms with Gasteiger partial charge in [0, 0.05) is 24.3 Å². The fourth-order valence-electron chi connectivity index (χ4n) is 4.32. The lowest BCUT2D eigenvalue weighted by Gasteiger charge is -2.32. The van der Waals surface area contributed by atoms with Gasteiger partial charge in [0.1, 0.15) is 0 Å². The van der Waals surface area contributed by atoms with Crippen LogP contribution in [0.5, 0.6) is 0 Å². The molecule has 1 aromatic carbocycles. The molecule has 4 rings (SSSR count). The Labute approximate surface area is 161 Å². The average Bonchev–Trinajstić information content (AvgIpc) is 2.72. The van der Waals surface area contributed by atoms with Crippen molar-refractivity contribution in [2.24, 2.45) is 5.73 Å². The summed E-state index contributed by atoms with van der Waals surface area (Å²) in [6, 6.07) is 13.2. The maximum absolute atomic E-state index is 5.80. The molecule has 0 spiro atoms. The SMILES string of the molecule is CN(Cc1ncc2ccccc2c1CCCN)[C@H]1CCCc2cccnc21. The summed E-state index contributed by atoms with van der Waals surface area (Å²) in [6.07, 6.45) is 9.42. The molecule has 0 saturated carbocycles. The number of aryl methyl sites for hydroxylation is 2. The zero-order valence-electron chi connectivity index (χ0n) is 16.1. The molecule has 0 unspecified atom stereocenters. The summed E-state index contributed by atoms with van der Waals surface area (Å²) in [7, 11) is 2.21. The lowest BCUT2D eigenvalue weighted by atomic mass is 9.90. The number of fused-ring (bicyclic) bond motifs is 2. The van der Waals surface area contributed by atoms with Crippen molar-refractivity contribution in [3.63, 3.8) is 0 Å².